The molecule has 1 N–H and O–H groups in total. The normalized spacial score (nSPS) is 11.8. The van der Waals surface area contributed by atoms with Gasteiger partial charge in [-0.1, -0.05) is 12.1 Å². The van der Waals surface area contributed by atoms with Crippen molar-refractivity contribution in [1.82, 2.24) is 33.8 Å². The number of rotatable bonds is 7. The molecule has 4 rings (SSSR count). The van der Waals surface area contributed by atoms with Crippen LogP contribution < -0.4 is 16.6 Å². The lowest BCUT2D eigenvalue weighted by molar-refractivity contribution is -0.141. The molecule has 0 fully saturated rings. The van der Waals surface area contributed by atoms with E-state index in [1.807, 2.05) is 0 Å². The van der Waals surface area contributed by atoms with E-state index in [4.69, 9.17) is 0 Å². The molecule has 1 amide bonds. The number of amides is 1. The minimum Gasteiger partial charge on any atom is -0.352 e. The quantitative estimate of drug-likeness (QED) is 0.425. The molecule has 0 radical (unpaired) electrons. The second-order valence-electron chi connectivity index (χ2n) is 8.01. The molecule has 3 heterocycles. The van der Waals surface area contributed by atoms with Gasteiger partial charge in [-0.15, -0.1) is 0 Å². The number of fused-ring (bicyclic) bond motifs is 1. The third kappa shape index (κ3) is 4.88. The Kier molecular flexibility index (Phi) is 6.33. The molecule has 1 aromatic carbocycles. The lowest BCUT2D eigenvalue weighted by atomic mass is 10.2. The molecular weight excluding hydrogens is 467 g/mol. The summed E-state index contributed by atoms with van der Waals surface area (Å²) in [4.78, 5) is 40.9. The zero-order chi connectivity index (χ0) is 25.3. The fourth-order valence-electron chi connectivity index (χ4n) is 3.65. The molecule has 0 aliphatic carbocycles. The predicted molar refractivity (Wildman–Crippen MR) is 120 cm³/mol. The van der Waals surface area contributed by atoms with E-state index in [9.17, 15) is 27.6 Å². The molecule has 184 valence electrons. The van der Waals surface area contributed by atoms with Crippen LogP contribution in [0.4, 0.5) is 13.2 Å². The maximum absolute atomic E-state index is 12.7. The average Bonchev–Trinajstić information content (AvgIpc) is 3.48. The van der Waals surface area contributed by atoms with Crippen molar-refractivity contribution in [3.05, 3.63) is 75.0 Å². The Morgan fingerprint density at radius 1 is 1.06 bits per heavy atom. The van der Waals surface area contributed by atoms with Gasteiger partial charge in [-0.25, -0.2) is 14.5 Å². The van der Waals surface area contributed by atoms with Gasteiger partial charge in [0.2, 0.25) is 5.91 Å². The van der Waals surface area contributed by atoms with Gasteiger partial charge in [0.25, 0.3) is 5.56 Å². The maximum Gasteiger partial charge on any atom is 0.435 e. The SMILES string of the molecule is Cn1c(=O)c2c(ncn2CCCC(=O)NCc2ccc(-n3ccc(C(F)(F)F)n3)cc2)n(C)c1=O. The number of nitrogens with zero attached hydrogens (tertiary/aromatic N) is 6. The molecule has 0 aliphatic rings. The van der Waals surface area contributed by atoms with Crippen LogP contribution in [0.1, 0.15) is 24.1 Å². The molecule has 0 atom stereocenters. The second-order valence-corrected chi connectivity index (χ2v) is 8.01. The van der Waals surface area contributed by atoms with Gasteiger partial charge >= 0.3 is 11.9 Å². The van der Waals surface area contributed by atoms with Crippen LogP contribution in [0.15, 0.2) is 52.4 Å². The first-order chi connectivity index (χ1) is 16.6. The Labute approximate surface area is 196 Å². The van der Waals surface area contributed by atoms with Crippen LogP contribution in [-0.4, -0.2) is 34.4 Å². The van der Waals surface area contributed by atoms with E-state index in [0.29, 0.717) is 24.2 Å². The van der Waals surface area contributed by atoms with Crippen LogP contribution in [0.5, 0.6) is 0 Å². The van der Waals surface area contributed by atoms with Gasteiger partial charge in [0, 0.05) is 39.8 Å². The lowest BCUT2D eigenvalue weighted by Crippen LogP contribution is -2.37. The molecule has 0 saturated carbocycles. The first-order valence-electron chi connectivity index (χ1n) is 10.7. The standard InChI is InChI=1S/C22H22F3N7O3/c1-29-19-18(20(34)30(2)21(29)35)31(13-27-19)10-3-4-17(33)26-12-14-5-7-15(8-6-14)32-11-9-16(28-32)22(23,24)25/h5-9,11,13H,3-4,10,12H2,1-2H3,(H,26,33). The van der Waals surface area contributed by atoms with Crippen molar-refractivity contribution in [3.8, 4) is 5.69 Å². The second kappa shape index (κ2) is 9.24. The van der Waals surface area contributed by atoms with Crippen LogP contribution in [0.25, 0.3) is 16.9 Å². The van der Waals surface area contributed by atoms with Gasteiger partial charge in [0.15, 0.2) is 16.9 Å². The van der Waals surface area contributed by atoms with Gasteiger partial charge < -0.3 is 9.88 Å². The summed E-state index contributed by atoms with van der Waals surface area (Å²) in [6.45, 7) is 0.624. The molecule has 0 aliphatic heterocycles. The van der Waals surface area contributed by atoms with Gasteiger partial charge in [0.05, 0.1) is 12.0 Å². The van der Waals surface area contributed by atoms with Crippen molar-refractivity contribution in [2.75, 3.05) is 0 Å². The van der Waals surface area contributed by atoms with Gasteiger partial charge in [-0.05, 0) is 30.2 Å². The fourth-order valence-corrected chi connectivity index (χ4v) is 3.65. The van der Waals surface area contributed by atoms with Gasteiger partial charge in [-0.2, -0.15) is 18.3 Å². The summed E-state index contributed by atoms with van der Waals surface area (Å²) in [5, 5.41) is 6.32. The van der Waals surface area contributed by atoms with Crippen molar-refractivity contribution in [3.63, 3.8) is 0 Å². The van der Waals surface area contributed by atoms with E-state index in [-0.39, 0.29) is 24.5 Å². The monoisotopic (exact) mass is 489 g/mol. The van der Waals surface area contributed by atoms with Crippen LogP contribution in [0, 0.1) is 0 Å². The number of carbonyl (C=O) groups excluding carboxylic acids is 1. The van der Waals surface area contributed by atoms with Gasteiger partial charge in [-0.3, -0.25) is 18.7 Å². The highest BCUT2D eigenvalue weighted by atomic mass is 19.4. The number of alkyl halides is 3. The zero-order valence-electron chi connectivity index (χ0n) is 18.9. The van der Waals surface area contributed by atoms with Crippen LogP contribution in [0.2, 0.25) is 0 Å². The Bertz CT molecular complexity index is 1490. The summed E-state index contributed by atoms with van der Waals surface area (Å²) >= 11 is 0. The Hall–Kier alpha value is -4.16. The van der Waals surface area contributed by atoms with Crippen molar-refractivity contribution < 1.29 is 18.0 Å². The van der Waals surface area contributed by atoms with Crippen molar-refractivity contribution in [1.29, 1.82) is 0 Å². The van der Waals surface area contributed by atoms with E-state index in [0.717, 1.165) is 20.9 Å². The fraction of sp³-hybridized carbons (Fsp3) is 0.318. The Morgan fingerprint density at radius 3 is 2.43 bits per heavy atom. The van der Waals surface area contributed by atoms with Crippen molar-refractivity contribution in [2.45, 2.75) is 32.1 Å². The summed E-state index contributed by atoms with van der Waals surface area (Å²) in [5.74, 6) is -0.194. The van der Waals surface area contributed by atoms with Crippen LogP contribution in [-0.2, 0) is 38.2 Å². The Morgan fingerprint density at radius 2 is 1.77 bits per heavy atom. The summed E-state index contributed by atoms with van der Waals surface area (Å²) in [7, 11) is 2.94. The third-order valence-electron chi connectivity index (χ3n) is 5.59. The lowest BCUT2D eigenvalue weighted by Gasteiger charge is -2.08. The van der Waals surface area contributed by atoms with E-state index in [1.54, 1.807) is 28.8 Å². The largest absolute Gasteiger partial charge is 0.435 e. The number of hydrogen-bond acceptors (Lipinski definition) is 5. The highest BCUT2D eigenvalue weighted by Gasteiger charge is 2.33. The molecule has 0 saturated heterocycles. The molecule has 0 unspecified atom stereocenters. The summed E-state index contributed by atoms with van der Waals surface area (Å²) in [6, 6.07) is 7.53. The number of imidazole rings is 1. The molecular formula is C22H22F3N7O3. The number of nitrogens with one attached hydrogen (secondary N) is 1. The number of aromatic nitrogens is 6. The van der Waals surface area contributed by atoms with Crippen LogP contribution >= 0.6 is 0 Å². The molecule has 4 aromatic rings. The van der Waals surface area contributed by atoms with E-state index < -0.39 is 23.1 Å². The Balaban J connectivity index is 1.31. The predicted octanol–water partition coefficient (Wildman–Crippen LogP) is 1.73. The van der Waals surface area contributed by atoms with E-state index in [2.05, 4.69) is 15.4 Å². The molecule has 0 bridgehead atoms. The van der Waals surface area contributed by atoms with E-state index >= 15 is 0 Å². The zero-order valence-corrected chi connectivity index (χ0v) is 18.9. The topological polar surface area (TPSA) is 109 Å². The van der Waals surface area contributed by atoms with E-state index in [1.165, 1.54) is 31.2 Å². The minimum absolute atomic E-state index is 0.194. The van der Waals surface area contributed by atoms with Gasteiger partial charge in [0.1, 0.15) is 0 Å². The number of carbonyl (C=O) groups is 1. The highest BCUT2D eigenvalue weighted by Crippen LogP contribution is 2.27. The minimum atomic E-state index is -4.51. The molecule has 35 heavy (non-hydrogen) atoms. The molecule has 0 spiro atoms. The number of halogens is 3. The maximum atomic E-state index is 12.7. The summed E-state index contributed by atoms with van der Waals surface area (Å²) in [6.07, 6.45) is -1.14. The average molecular weight is 489 g/mol. The third-order valence-corrected chi connectivity index (χ3v) is 5.59. The number of benzene rings is 1. The summed E-state index contributed by atoms with van der Waals surface area (Å²) < 4.78 is 43.2. The van der Waals surface area contributed by atoms with Crippen molar-refractivity contribution in [2.24, 2.45) is 14.1 Å². The number of hydrogen-bond donors (Lipinski definition) is 1. The highest BCUT2D eigenvalue weighted by molar-refractivity contribution is 5.76. The first kappa shape index (κ1) is 24.0. The first-order valence-corrected chi connectivity index (χ1v) is 10.7. The molecule has 10 nitrogen and oxygen atoms in total. The molecule has 3 aromatic heterocycles. The molecule has 13 heteroatoms. The van der Waals surface area contributed by atoms with Crippen molar-refractivity contribution >= 4 is 17.1 Å². The van der Waals surface area contributed by atoms with Crippen LogP contribution in [0.3, 0.4) is 0 Å². The summed E-state index contributed by atoms with van der Waals surface area (Å²) in [5.41, 5.74) is -0.0523. The smallest absolute Gasteiger partial charge is 0.352 e. The number of aryl methyl sites for hydroxylation is 2.